The third-order valence-corrected chi connectivity index (χ3v) is 4.45. The van der Waals surface area contributed by atoms with E-state index in [0.717, 1.165) is 48.5 Å². The van der Waals surface area contributed by atoms with Crippen LogP contribution in [-0.4, -0.2) is 36.9 Å². The average Bonchev–Trinajstić information content (AvgIpc) is 2.94. The highest BCUT2D eigenvalue weighted by molar-refractivity contribution is 8.18. The van der Waals surface area contributed by atoms with Crippen molar-refractivity contribution in [3.63, 3.8) is 0 Å². The van der Waals surface area contributed by atoms with Gasteiger partial charge in [0.15, 0.2) is 5.17 Å². The Morgan fingerprint density at radius 3 is 3.12 bits per heavy atom. The van der Waals surface area contributed by atoms with E-state index in [4.69, 9.17) is 0 Å². The molecule has 1 aromatic rings. The van der Waals surface area contributed by atoms with Gasteiger partial charge in [-0.25, -0.2) is 4.79 Å². The summed E-state index contributed by atoms with van der Waals surface area (Å²) in [5.41, 5.74) is 3.31. The van der Waals surface area contributed by atoms with Crippen molar-refractivity contribution in [3.05, 3.63) is 40.3 Å². The molecule has 1 aromatic carbocycles. The monoisotopic (exact) mass is 344 g/mol. The van der Waals surface area contributed by atoms with E-state index in [0.29, 0.717) is 5.17 Å². The van der Waals surface area contributed by atoms with Gasteiger partial charge in [0.05, 0.1) is 18.2 Å². The second kappa shape index (κ2) is 7.31. The van der Waals surface area contributed by atoms with Crippen LogP contribution in [0.15, 0.2) is 39.4 Å². The molecule has 0 saturated carbocycles. The molecule has 1 saturated heterocycles. The molecule has 124 valence electrons. The smallest absolute Gasteiger partial charge is 0.331 e. The SMILES string of the molecule is COC(=O)/C=C1/S/C(=N\N=Cc2cccc3c2NCCC3)NC1=O. The van der Waals surface area contributed by atoms with Gasteiger partial charge < -0.3 is 10.1 Å². The molecule has 2 aliphatic rings. The van der Waals surface area contributed by atoms with Crippen LogP contribution in [0.4, 0.5) is 5.69 Å². The summed E-state index contributed by atoms with van der Waals surface area (Å²) in [6.07, 6.45) is 4.95. The summed E-state index contributed by atoms with van der Waals surface area (Å²) < 4.78 is 4.50. The highest BCUT2D eigenvalue weighted by Gasteiger charge is 2.25. The molecule has 24 heavy (non-hydrogen) atoms. The Balaban J connectivity index is 1.73. The lowest BCUT2D eigenvalue weighted by molar-refractivity contribution is -0.135. The number of nitrogens with zero attached hydrogens (tertiary/aromatic N) is 2. The fraction of sp³-hybridized carbons (Fsp3) is 0.250. The molecule has 2 N–H and O–H groups in total. The Hall–Kier alpha value is -2.61. The normalized spacial score (nSPS) is 20.1. The van der Waals surface area contributed by atoms with E-state index in [1.807, 2.05) is 12.1 Å². The standard InChI is InChI=1S/C16H16N4O3S/c1-23-13(21)8-12-15(22)19-16(24-12)20-18-9-11-5-2-4-10-6-3-7-17-14(10)11/h2,4-5,8-9,17H,3,6-7H2,1H3,(H,19,20,22)/b12-8+,18-9?. The van der Waals surface area contributed by atoms with Crippen LogP contribution < -0.4 is 10.6 Å². The summed E-state index contributed by atoms with van der Waals surface area (Å²) in [6.45, 7) is 0.944. The highest BCUT2D eigenvalue weighted by Crippen LogP contribution is 2.25. The van der Waals surface area contributed by atoms with Gasteiger partial charge >= 0.3 is 5.97 Å². The van der Waals surface area contributed by atoms with E-state index in [-0.39, 0.29) is 4.91 Å². The predicted octanol–water partition coefficient (Wildman–Crippen LogP) is 1.65. The number of hydrogen-bond acceptors (Lipinski definition) is 7. The van der Waals surface area contributed by atoms with Crippen LogP contribution >= 0.6 is 11.8 Å². The molecule has 0 aromatic heterocycles. The van der Waals surface area contributed by atoms with Gasteiger partial charge in [-0.3, -0.25) is 10.1 Å². The lowest BCUT2D eigenvalue weighted by Gasteiger charge is -2.19. The molecular formula is C16H16N4O3S. The van der Waals surface area contributed by atoms with Crippen molar-refractivity contribution in [2.75, 3.05) is 19.0 Å². The first-order valence-electron chi connectivity index (χ1n) is 7.43. The maximum atomic E-state index is 11.7. The second-order valence-corrected chi connectivity index (χ2v) is 6.18. The summed E-state index contributed by atoms with van der Waals surface area (Å²) in [6, 6.07) is 6.05. The zero-order valence-corrected chi connectivity index (χ0v) is 13.9. The minimum absolute atomic E-state index is 0.231. The number of aryl methyl sites for hydroxylation is 1. The lowest BCUT2D eigenvalue weighted by Crippen LogP contribution is -2.19. The molecule has 1 fully saturated rings. The average molecular weight is 344 g/mol. The van der Waals surface area contributed by atoms with E-state index < -0.39 is 11.9 Å². The molecule has 0 aliphatic carbocycles. The maximum absolute atomic E-state index is 11.7. The Labute approximate surface area is 143 Å². The highest BCUT2D eigenvalue weighted by atomic mass is 32.2. The van der Waals surface area contributed by atoms with E-state index in [9.17, 15) is 9.59 Å². The minimum atomic E-state index is -0.584. The number of nitrogens with one attached hydrogen (secondary N) is 2. The fourth-order valence-corrected chi connectivity index (χ4v) is 3.17. The number of carbonyl (C=O) groups is 2. The van der Waals surface area contributed by atoms with Crippen molar-refractivity contribution in [1.82, 2.24) is 5.32 Å². The lowest BCUT2D eigenvalue weighted by atomic mass is 10.00. The number of anilines is 1. The largest absolute Gasteiger partial charge is 0.466 e. The van der Waals surface area contributed by atoms with E-state index in [1.54, 1.807) is 6.21 Å². The fourth-order valence-electron chi connectivity index (χ4n) is 2.43. The van der Waals surface area contributed by atoms with Gasteiger partial charge in [-0.05, 0) is 30.2 Å². The first kappa shape index (κ1) is 16.3. The molecule has 0 spiro atoms. The number of hydrogen-bond donors (Lipinski definition) is 2. The Bertz CT molecular complexity index is 771. The quantitative estimate of drug-likeness (QED) is 0.376. The summed E-state index contributed by atoms with van der Waals surface area (Å²) in [4.78, 5) is 23.1. The van der Waals surface area contributed by atoms with E-state index in [1.165, 1.54) is 12.7 Å². The summed E-state index contributed by atoms with van der Waals surface area (Å²) in [7, 11) is 1.25. The van der Waals surface area contributed by atoms with Crippen molar-refractivity contribution >= 4 is 40.7 Å². The molecule has 1 amide bonds. The molecule has 0 unspecified atom stereocenters. The van der Waals surface area contributed by atoms with Crippen LogP contribution in [0.25, 0.3) is 0 Å². The maximum Gasteiger partial charge on any atom is 0.331 e. The van der Waals surface area contributed by atoms with Gasteiger partial charge in [0.25, 0.3) is 5.91 Å². The number of para-hydroxylation sites is 1. The van der Waals surface area contributed by atoms with Crippen LogP contribution in [0, 0.1) is 0 Å². The topological polar surface area (TPSA) is 92.2 Å². The molecule has 0 radical (unpaired) electrons. The van der Waals surface area contributed by atoms with Crippen molar-refractivity contribution in [3.8, 4) is 0 Å². The molecule has 0 bridgehead atoms. The molecule has 2 aliphatic heterocycles. The predicted molar refractivity (Wildman–Crippen MR) is 94.1 cm³/mol. The number of fused-ring (bicyclic) bond motifs is 1. The van der Waals surface area contributed by atoms with Gasteiger partial charge in [-0.15, -0.1) is 5.10 Å². The van der Waals surface area contributed by atoms with Crippen LogP contribution in [0.3, 0.4) is 0 Å². The zero-order valence-electron chi connectivity index (χ0n) is 13.0. The summed E-state index contributed by atoms with van der Waals surface area (Å²) in [5.74, 6) is -0.975. The van der Waals surface area contributed by atoms with Gasteiger partial charge in [-0.1, -0.05) is 18.2 Å². The van der Waals surface area contributed by atoms with Crippen LogP contribution in [0.5, 0.6) is 0 Å². The molecule has 8 heteroatoms. The second-order valence-electron chi connectivity index (χ2n) is 5.15. The molecule has 3 rings (SSSR count). The summed E-state index contributed by atoms with van der Waals surface area (Å²) in [5, 5.41) is 14.3. The number of amides is 1. The molecule has 2 heterocycles. The Morgan fingerprint density at radius 1 is 1.42 bits per heavy atom. The molecule has 0 atom stereocenters. The van der Waals surface area contributed by atoms with E-state index >= 15 is 0 Å². The zero-order chi connectivity index (χ0) is 16.9. The van der Waals surface area contributed by atoms with Crippen molar-refractivity contribution in [1.29, 1.82) is 0 Å². The number of amidine groups is 1. The minimum Gasteiger partial charge on any atom is -0.466 e. The van der Waals surface area contributed by atoms with Crippen molar-refractivity contribution in [2.24, 2.45) is 10.2 Å². The number of methoxy groups -OCH3 is 1. The molecular weight excluding hydrogens is 328 g/mol. The first-order valence-corrected chi connectivity index (χ1v) is 8.24. The van der Waals surface area contributed by atoms with Gasteiger partial charge in [0, 0.05) is 23.9 Å². The Kier molecular flexibility index (Phi) is 4.95. The number of ether oxygens (including phenoxy) is 1. The summed E-state index contributed by atoms with van der Waals surface area (Å²) >= 11 is 1.05. The third-order valence-electron chi connectivity index (χ3n) is 3.55. The van der Waals surface area contributed by atoms with Crippen LogP contribution in [-0.2, 0) is 20.7 Å². The molecule has 7 nitrogen and oxygen atoms in total. The number of rotatable bonds is 3. The number of benzene rings is 1. The Morgan fingerprint density at radius 2 is 2.29 bits per heavy atom. The number of esters is 1. The van der Waals surface area contributed by atoms with Crippen LogP contribution in [0.2, 0.25) is 0 Å². The van der Waals surface area contributed by atoms with Crippen molar-refractivity contribution in [2.45, 2.75) is 12.8 Å². The van der Waals surface area contributed by atoms with Gasteiger partial charge in [-0.2, -0.15) is 5.10 Å². The number of carbonyl (C=O) groups excluding carboxylic acids is 2. The van der Waals surface area contributed by atoms with Crippen LogP contribution in [0.1, 0.15) is 17.5 Å². The third kappa shape index (κ3) is 3.65. The number of thioether (sulfide) groups is 1. The van der Waals surface area contributed by atoms with E-state index in [2.05, 4.69) is 31.6 Å². The van der Waals surface area contributed by atoms with Crippen molar-refractivity contribution < 1.29 is 14.3 Å². The van der Waals surface area contributed by atoms with Gasteiger partial charge in [0.1, 0.15) is 0 Å². The van der Waals surface area contributed by atoms with Gasteiger partial charge in [0.2, 0.25) is 0 Å². The first-order chi connectivity index (χ1) is 11.7.